The van der Waals surface area contributed by atoms with Gasteiger partial charge in [-0.2, -0.15) is 0 Å². The average molecular weight is 185 g/mol. The molecular formula is C9H19N3O. The molecule has 1 aliphatic heterocycles. The van der Waals surface area contributed by atoms with E-state index >= 15 is 0 Å². The number of nitrogens with one attached hydrogen (secondary N) is 1. The summed E-state index contributed by atoms with van der Waals surface area (Å²) in [5.41, 5.74) is 5.36. The molecule has 0 bridgehead atoms. The first kappa shape index (κ1) is 10.5. The second-order valence-corrected chi connectivity index (χ2v) is 3.84. The smallest absolute Gasteiger partial charge is 0.225 e. The van der Waals surface area contributed by atoms with Gasteiger partial charge in [-0.15, -0.1) is 0 Å². The molecule has 0 aliphatic carbocycles. The lowest BCUT2D eigenvalue weighted by Gasteiger charge is -2.40. The van der Waals surface area contributed by atoms with Crippen LogP contribution in [0.25, 0.3) is 0 Å². The zero-order valence-electron chi connectivity index (χ0n) is 8.42. The molecule has 4 heteroatoms. The van der Waals surface area contributed by atoms with E-state index in [0.29, 0.717) is 12.6 Å². The van der Waals surface area contributed by atoms with Gasteiger partial charge in [0, 0.05) is 38.1 Å². The minimum Gasteiger partial charge on any atom is -0.339 e. The third kappa shape index (κ3) is 2.67. The number of nitrogens with zero attached hydrogens (tertiary/aromatic N) is 1. The maximum Gasteiger partial charge on any atom is 0.225 e. The number of amides is 1. The first-order valence-electron chi connectivity index (χ1n) is 4.87. The predicted octanol–water partition coefficient (Wildman–Crippen LogP) is -0.598. The molecule has 1 fully saturated rings. The third-order valence-electron chi connectivity index (χ3n) is 2.26. The molecule has 0 unspecified atom stereocenters. The minimum absolute atomic E-state index is 0.121. The molecule has 1 heterocycles. The largest absolute Gasteiger partial charge is 0.339 e. The molecule has 0 spiro atoms. The molecule has 1 rings (SSSR count). The fourth-order valence-corrected chi connectivity index (χ4v) is 1.44. The van der Waals surface area contributed by atoms with Crippen LogP contribution in [0.5, 0.6) is 0 Å². The molecule has 0 aromatic carbocycles. The first-order chi connectivity index (χ1) is 6.15. The topological polar surface area (TPSA) is 58.4 Å². The number of carbonyl (C=O) groups excluding carboxylic acids is 1. The van der Waals surface area contributed by atoms with Crippen molar-refractivity contribution in [1.29, 1.82) is 0 Å². The molecule has 13 heavy (non-hydrogen) atoms. The molecule has 0 radical (unpaired) electrons. The molecule has 0 aromatic rings. The van der Waals surface area contributed by atoms with Crippen LogP contribution in [0.15, 0.2) is 0 Å². The van der Waals surface area contributed by atoms with Gasteiger partial charge in [-0.3, -0.25) is 4.79 Å². The van der Waals surface area contributed by atoms with Crippen LogP contribution in [-0.4, -0.2) is 43.0 Å². The molecule has 0 aromatic heterocycles. The normalized spacial score (nSPS) is 17.7. The van der Waals surface area contributed by atoms with Gasteiger partial charge in [0.15, 0.2) is 0 Å². The molecule has 0 atom stereocenters. The number of hydrogen-bond acceptors (Lipinski definition) is 3. The van der Waals surface area contributed by atoms with E-state index in [1.165, 1.54) is 0 Å². The summed E-state index contributed by atoms with van der Waals surface area (Å²) < 4.78 is 0. The summed E-state index contributed by atoms with van der Waals surface area (Å²) in [5, 5.41) is 3.27. The molecule has 1 saturated heterocycles. The van der Waals surface area contributed by atoms with Crippen LogP contribution < -0.4 is 11.1 Å². The number of hydrogen-bond donors (Lipinski definition) is 2. The fourth-order valence-electron chi connectivity index (χ4n) is 1.44. The van der Waals surface area contributed by atoms with Crippen molar-refractivity contribution < 1.29 is 4.79 Å². The van der Waals surface area contributed by atoms with Crippen molar-refractivity contribution in [3.63, 3.8) is 0 Å². The highest BCUT2D eigenvalue weighted by molar-refractivity contribution is 5.79. The Kier molecular flexibility index (Phi) is 3.69. The summed E-state index contributed by atoms with van der Waals surface area (Å²) in [6.45, 7) is 7.06. The predicted molar refractivity (Wildman–Crippen MR) is 52.3 cm³/mol. The van der Waals surface area contributed by atoms with E-state index in [9.17, 15) is 4.79 Å². The van der Waals surface area contributed by atoms with E-state index in [1.807, 2.05) is 18.7 Å². The second-order valence-electron chi connectivity index (χ2n) is 3.84. The lowest BCUT2D eigenvalue weighted by atomic mass is 10.1. The maximum atomic E-state index is 11.4. The van der Waals surface area contributed by atoms with Crippen molar-refractivity contribution in [2.24, 2.45) is 11.7 Å². The van der Waals surface area contributed by atoms with Crippen LogP contribution >= 0.6 is 0 Å². The van der Waals surface area contributed by atoms with Gasteiger partial charge in [0.05, 0.1) is 0 Å². The van der Waals surface area contributed by atoms with E-state index in [0.717, 1.165) is 19.6 Å². The van der Waals surface area contributed by atoms with Crippen LogP contribution in [0.2, 0.25) is 0 Å². The molecule has 3 N–H and O–H groups in total. The van der Waals surface area contributed by atoms with E-state index < -0.39 is 0 Å². The van der Waals surface area contributed by atoms with Crippen LogP contribution in [0.1, 0.15) is 13.8 Å². The van der Waals surface area contributed by atoms with Gasteiger partial charge in [-0.05, 0) is 0 Å². The van der Waals surface area contributed by atoms with Gasteiger partial charge >= 0.3 is 0 Å². The van der Waals surface area contributed by atoms with Gasteiger partial charge in [-0.1, -0.05) is 13.8 Å². The number of rotatable bonds is 4. The van der Waals surface area contributed by atoms with Crippen molar-refractivity contribution in [2.45, 2.75) is 19.9 Å². The maximum absolute atomic E-state index is 11.4. The lowest BCUT2D eigenvalue weighted by Crippen LogP contribution is -2.61. The van der Waals surface area contributed by atoms with E-state index in [1.54, 1.807) is 0 Å². The summed E-state index contributed by atoms with van der Waals surface area (Å²) in [6, 6.07) is 0.464. The second kappa shape index (κ2) is 4.58. The zero-order valence-corrected chi connectivity index (χ0v) is 8.42. The average Bonchev–Trinajstić information content (AvgIpc) is 2.01. The highest BCUT2D eigenvalue weighted by atomic mass is 16.2. The Morgan fingerprint density at radius 2 is 2.23 bits per heavy atom. The quantitative estimate of drug-likeness (QED) is 0.615. The van der Waals surface area contributed by atoms with Gasteiger partial charge in [0.25, 0.3) is 0 Å². The summed E-state index contributed by atoms with van der Waals surface area (Å²) in [7, 11) is 0. The summed E-state index contributed by atoms with van der Waals surface area (Å²) in [5.74, 6) is 0.376. The lowest BCUT2D eigenvalue weighted by molar-refractivity contribution is -0.139. The molecule has 0 saturated carbocycles. The van der Waals surface area contributed by atoms with Crippen molar-refractivity contribution >= 4 is 5.91 Å². The molecule has 76 valence electrons. The highest BCUT2D eigenvalue weighted by Gasteiger charge is 2.30. The Morgan fingerprint density at radius 3 is 2.69 bits per heavy atom. The van der Waals surface area contributed by atoms with Gasteiger partial charge in [-0.25, -0.2) is 0 Å². The van der Waals surface area contributed by atoms with Gasteiger partial charge in [0.2, 0.25) is 5.91 Å². The minimum atomic E-state index is 0.121. The van der Waals surface area contributed by atoms with E-state index in [4.69, 9.17) is 5.73 Å². The fraction of sp³-hybridized carbons (Fsp3) is 0.889. The Labute approximate surface area is 79.5 Å². The number of nitrogens with two attached hydrogens (primary N) is 1. The Hall–Kier alpha value is -0.610. The SMILES string of the molecule is CC(C)C(=O)N1CC(NCCN)C1. The van der Waals surface area contributed by atoms with Crippen molar-refractivity contribution in [1.82, 2.24) is 10.2 Å². The standard InChI is InChI=1S/C9H19N3O/c1-7(2)9(13)12-5-8(6-12)11-4-3-10/h7-8,11H,3-6,10H2,1-2H3. The van der Waals surface area contributed by atoms with Crippen LogP contribution in [-0.2, 0) is 4.79 Å². The van der Waals surface area contributed by atoms with E-state index in [2.05, 4.69) is 5.32 Å². The van der Waals surface area contributed by atoms with Gasteiger partial charge < -0.3 is 16.0 Å². The summed E-state index contributed by atoms with van der Waals surface area (Å²) in [6.07, 6.45) is 0. The molecule has 1 aliphatic rings. The Balaban J connectivity index is 2.14. The molecular weight excluding hydrogens is 166 g/mol. The Morgan fingerprint density at radius 1 is 1.62 bits per heavy atom. The monoisotopic (exact) mass is 185 g/mol. The summed E-state index contributed by atoms with van der Waals surface area (Å²) >= 11 is 0. The number of likely N-dealkylation sites (tertiary alicyclic amines) is 1. The zero-order chi connectivity index (χ0) is 9.84. The highest BCUT2D eigenvalue weighted by Crippen LogP contribution is 2.11. The van der Waals surface area contributed by atoms with Crippen molar-refractivity contribution in [2.75, 3.05) is 26.2 Å². The van der Waals surface area contributed by atoms with Crippen LogP contribution in [0.3, 0.4) is 0 Å². The van der Waals surface area contributed by atoms with Crippen molar-refractivity contribution in [3.8, 4) is 0 Å². The first-order valence-corrected chi connectivity index (χ1v) is 4.87. The molecule has 4 nitrogen and oxygen atoms in total. The summed E-state index contributed by atoms with van der Waals surface area (Å²) in [4.78, 5) is 13.3. The van der Waals surface area contributed by atoms with Gasteiger partial charge in [0.1, 0.15) is 0 Å². The van der Waals surface area contributed by atoms with Crippen molar-refractivity contribution in [3.05, 3.63) is 0 Å². The Bertz CT molecular complexity index is 176. The van der Waals surface area contributed by atoms with Crippen LogP contribution in [0, 0.1) is 5.92 Å². The van der Waals surface area contributed by atoms with E-state index in [-0.39, 0.29) is 11.8 Å². The van der Waals surface area contributed by atoms with Crippen LogP contribution in [0.4, 0.5) is 0 Å². The third-order valence-corrected chi connectivity index (χ3v) is 2.26. The number of carbonyl (C=O) groups is 1. The molecule has 1 amide bonds.